The normalized spacial score (nSPS) is 12.2. The first kappa shape index (κ1) is 27.5. The van der Waals surface area contributed by atoms with Crippen molar-refractivity contribution in [2.45, 2.75) is 51.8 Å². The van der Waals surface area contributed by atoms with Gasteiger partial charge in [-0.15, -0.1) is 0 Å². The van der Waals surface area contributed by atoms with Crippen LogP contribution in [0, 0.1) is 5.92 Å². The van der Waals surface area contributed by atoms with E-state index in [9.17, 15) is 24.3 Å². The zero-order valence-electron chi connectivity index (χ0n) is 19.0. The molecule has 4 N–H and O–H groups in total. The average Bonchev–Trinajstić information content (AvgIpc) is 2.79. The van der Waals surface area contributed by atoms with Crippen LogP contribution in [0.25, 0.3) is 0 Å². The maximum atomic E-state index is 12.7. The van der Waals surface area contributed by atoms with Gasteiger partial charge < -0.3 is 30.5 Å². The molecule has 0 aliphatic rings. The number of unbranched alkanes of at least 4 members (excludes halogenated alkanes) is 1. The largest absolute Gasteiger partial charge is 0.480 e. The third-order valence-electron chi connectivity index (χ3n) is 4.57. The highest BCUT2D eigenvalue weighted by Crippen LogP contribution is 2.07. The molecule has 0 heterocycles. The molecule has 33 heavy (non-hydrogen) atoms. The third kappa shape index (κ3) is 11.6. The first-order valence-corrected chi connectivity index (χ1v) is 10.8. The van der Waals surface area contributed by atoms with Gasteiger partial charge in [0, 0.05) is 6.54 Å². The van der Waals surface area contributed by atoms with Crippen molar-refractivity contribution in [2.75, 3.05) is 13.2 Å². The Balaban J connectivity index is 2.49. The number of carbonyl (C=O) groups is 4. The van der Waals surface area contributed by atoms with Crippen LogP contribution in [0.3, 0.4) is 0 Å². The molecule has 1 rings (SSSR count). The number of hydrogen-bond donors (Lipinski definition) is 4. The molecule has 1 aromatic rings. The van der Waals surface area contributed by atoms with Crippen LogP contribution >= 0.6 is 0 Å². The molecule has 0 aromatic heterocycles. The van der Waals surface area contributed by atoms with Crippen LogP contribution in [0.2, 0.25) is 0 Å². The van der Waals surface area contributed by atoms with Gasteiger partial charge in [-0.2, -0.15) is 0 Å². The Morgan fingerprint density at radius 3 is 2.33 bits per heavy atom. The predicted molar refractivity (Wildman–Crippen MR) is 121 cm³/mol. The summed E-state index contributed by atoms with van der Waals surface area (Å²) >= 11 is 0. The standard InChI is InChI=1S/C23H33N3O7/c1-4-14-32-22(30)24-13-9-8-12-18(21(28)29)25-20(27)19(16(2)3)26-23(31)33-15-17-10-6-5-7-11-17/h4-7,10-11,16,18-19H,1,8-9,12-15H2,2-3H3,(H,24,30)(H,25,27)(H,26,31)(H,28,29). The lowest BCUT2D eigenvalue weighted by atomic mass is 10.0. The second-order valence-electron chi connectivity index (χ2n) is 7.64. The van der Waals surface area contributed by atoms with Gasteiger partial charge >= 0.3 is 18.2 Å². The highest BCUT2D eigenvalue weighted by atomic mass is 16.6. The first-order valence-electron chi connectivity index (χ1n) is 10.8. The van der Waals surface area contributed by atoms with Gasteiger partial charge in [0.1, 0.15) is 25.3 Å². The fourth-order valence-electron chi connectivity index (χ4n) is 2.80. The Bertz CT molecular complexity index is 784. The van der Waals surface area contributed by atoms with Gasteiger partial charge in [-0.25, -0.2) is 14.4 Å². The van der Waals surface area contributed by atoms with E-state index in [-0.39, 0.29) is 25.6 Å². The second-order valence-corrected chi connectivity index (χ2v) is 7.64. The summed E-state index contributed by atoms with van der Waals surface area (Å²) in [5.74, 6) is -2.09. The van der Waals surface area contributed by atoms with Crippen LogP contribution in [0.15, 0.2) is 43.0 Å². The molecule has 0 saturated carbocycles. The molecule has 3 amide bonds. The van der Waals surface area contributed by atoms with Crippen molar-refractivity contribution in [1.82, 2.24) is 16.0 Å². The molecular weight excluding hydrogens is 430 g/mol. The molecule has 10 heteroatoms. The summed E-state index contributed by atoms with van der Waals surface area (Å²) in [6.07, 6.45) is 1.20. The number of amides is 3. The van der Waals surface area contributed by atoms with E-state index in [1.165, 1.54) is 6.08 Å². The van der Waals surface area contributed by atoms with Gasteiger partial charge in [-0.3, -0.25) is 4.79 Å². The van der Waals surface area contributed by atoms with Crippen LogP contribution in [0.1, 0.15) is 38.7 Å². The van der Waals surface area contributed by atoms with Gasteiger partial charge in [-0.05, 0) is 30.7 Å². The van der Waals surface area contributed by atoms with Crippen molar-refractivity contribution in [1.29, 1.82) is 0 Å². The number of benzene rings is 1. The highest BCUT2D eigenvalue weighted by molar-refractivity contribution is 5.89. The van der Waals surface area contributed by atoms with Gasteiger partial charge in [0.2, 0.25) is 5.91 Å². The molecule has 182 valence electrons. The van der Waals surface area contributed by atoms with Crippen molar-refractivity contribution in [3.8, 4) is 0 Å². The summed E-state index contributed by atoms with van der Waals surface area (Å²) in [6, 6.07) is 6.99. The quantitative estimate of drug-likeness (QED) is 0.245. The summed E-state index contributed by atoms with van der Waals surface area (Å²) in [6.45, 7) is 7.35. The minimum atomic E-state index is -1.18. The summed E-state index contributed by atoms with van der Waals surface area (Å²) in [5.41, 5.74) is 0.799. The molecule has 0 radical (unpaired) electrons. The lowest BCUT2D eigenvalue weighted by Gasteiger charge is -2.23. The van der Waals surface area contributed by atoms with Crippen LogP contribution in [-0.2, 0) is 25.7 Å². The molecule has 0 bridgehead atoms. The number of carbonyl (C=O) groups excluding carboxylic acids is 3. The van der Waals surface area contributed by atoms with Crippen molar-refractivity contribution >= 4 is 24.1 Å². The Morgan fingerprint density at radius 2 is 1.73 bits per heavy atom. The molecular formula is C23H33N3O7. The van der Waals surface area contributed by atoms with Gasteiger partial charge in [-0.1, -0.05) is 56.8 Å². The van der Waals surface area contributed by atoms with E-state index in [0.29, 0.717) is 19.4 Å². The SMILES string of the molecule is C=CCOC(=O)NCCCCC(NC(=O)C(NC(=O)OCc1ccccc1)C(C)C)C(=O)O. The number of hydrogen-bond acceptors (Lipinski definition) is 6. The maximum Gasteiger partial charge on any atom is 0.408 e. The van der Waals surface area contributed by atoms with Crippen LogP contribution in [0.5, 0.6) is 0 Å². The fourth-order valence-corrected chi connectivity index (χ4v) is 2.80. The fraction of sp³-hybridized carbons (Fsp3) is 0.478. The average molecular weight is 464 g/mol. The zero-order chi connectivity index (χ0) is 24.6. The van der Waals surface area contributed by atoms with Gasteiger partial charge in [0.25, 0.3) is 0 Å². The van der Waals surface area contributed by atoms with Crippen molar-refractivity contribution in [3.05, 3.63) is 48.6 Å². The van der Waals surface area contributed by atoms with E-state index in [1.54, 1.807) is 26.0 Å². The minimum absolute atomic E-state index is 0.0476. The Morgan fingerprint density at radius 1 is 1.03 bits per heavy atom. The number of aliphatic carboxylic acids is 1. The number of carboxylic acid groups (broad SMARTS) is 1. The van der Waals surface area contributed by atoms with Crippen LogP contribution in [-0.4, -0.2) is 54.4 Å². The summed E-state index contributed by atoms with van der Waals surface area (Å²) in [5, 5.41) is 17.0. The van der Waals surface area contributed by atoms with E-state index >= 15 is 0 Å². The van der Waals surface area contributed by atoms with E-state index in [1.807, 2.05) is 18.2 Å². The summed E-state index contributed by atoms with van der Waals surface area (Å²) < 4.78 is 9.92. The zero-order valence-corrected chi connectivity index (χ0v) is 19.0. The topological polar surface area (TPSA) is 143 Å². The first-order chi connectivity index (χ1) is 15.7. The van der Waals surface area contributed by atoms with E-state index < -0.39 is 36.1 Å². The van der Waals surface area contributed by atoms with Crippen LogP contribution < -0.4 is 16.0 Å². The number of ether oxygens (including phenoxy) is 2. The lowest BCUT2D eigenvalue weighted by Crippen LogP contribution is -2.53. The monoisotopic (exact) mass is 463 g/mol. The number of carboxylic acids is 1. The Hall–Kier alpha value is -3.56. The maximum absolute atomic E-state index is 12.7. The Kier molecular flexibility index (Phi) is 12.7. The molecule has 0 fully saturated rings. The molecule has 0 spiro atoms. The lowest BCUT2D eigenvalue weighted by molar-refractivity contribution is -0.142. The Labute approximate surface area is 193 Å². The molecule has 1 aromatic carbocycles. The van der Waals surface area contributed by atoms with Crippen molar-refractivity contribution in [3.63, 3.8) is 0 Å². The summed E-state index contributed by atoms with van der Waals surface area (Å²) in [4.78, 5) is 47.7. The number of nitrogens with one attached hydrogen (secondary N) is 3. The minimum Gasteiger partial charge on any atom is -0.480 e. The van der Waals surface area contributed by atoms with Gasteiger partial charge in [0.15, 0.2) is 0 Å². The van der Waals surface area contributed by atoms with Crippen molar-refractivity contribution in [2.24, 2.45) is 5.92 Å². The van der Waals surface area contributed by atoms with Crippen molar-refractivity contribution < 1.29 is 33.8 Å². The second kappa shape index (κ2) is 15.3. The van der Waals surface area contributed by atoms with E-state index in [4.69, 9.17) is 9.47 Å². The predicted octanol–water partition coefficient (Wildman–Crippen LogP) is 2.59. The van der Waals surface area contributed by atoms with Gasteiger partial charge in [0.05, 0.1) is 0 Å². The smallest absolute Gasteiger partial charge is 0.408 e. The molecule has 0 saturated heterocycles. The molecule has 0 aliphatic heterocycles. The summed E-state index contributed by atoms with van der Waals surface area (Å²) in [7, 11) is 0. The molecule has 10 nitrogen and oxygen atoms in total. The van der Waals surface area contributed by atoms with E-state index in [2.05, 4.69) is 22.5 Å². The molecule has 2 atom stereocenters. The molecule has 0 aliphatic carbocycles. The highest BCUT2D eigenvalue weighted by Gasteiger charge is 2.28. The third-order valence-corrected chi connectivity index (χ3v) is 4.57. The van der Waals surface area contributed by atoms with E-state index in [0.717, 1.165) is 5.56 Å². The number of rotatable bonds is 14. The molecule has 2 unspecified atom stereocenters. The van der Waals surface area contributed by atoms with Crippen LogP contribution in [0.4, 0.5) is 9.59 Å². The number of alkyl carbamates (subject to hydrolysis) is 2.